The fourth-order valence-corrected chi connectivity index (χ4v) is 3.79. The number of likely N-dealkylation sites (tertiary alicyclic amines) is 1. The van der Waals surface area contributed by atoms with Gasteiger partial charge in [-0.15, -0.1) is 0 Å². The van der Waals surface area contributed by atoms with Gasteiger partial charge in [0.15, 0.2) is 0 Å². The Labute approximate surface area is 182 Å². The van der Waals surface area contributed by atoms with Gasteiger partial charge in [-0.3, -0.25) is 9.59 Å². The number of methoxy groups -OCH3 is 2. The second-order valence-electron chi connectivity index (χ2n) is 7.63. The first kappa shape index (κ1) is 22.4. The van der Waals surface area contributed by atoms with Crippen LogP contribution in [0.15, 0.2) is 54.1 Å². The number of hydrogen-bond acceptors (Lipinski definition) is 6. The van der Waals surface area contributed by atoms with E-state index in [1.54, 1.807) is 23.1 Å². The van der Waals surface area contributed by atoms with Crippen molar-refractivity contribution >= 4 is 17.4 Å². The first-order chi connectivity index (χ1) is 14.9. The van der Waals surface area contributed by atoms with Crippen molar-refractivity contribution in [3.63, 3.8) is 0 Å². The molecule has 1 aliphatic rings. The standard InChI is InChI=1S/C24H28N2O5/c1-25(2)13-8-14-26-21(16-9-6-5-7-10-16)20(23(28)24(26)29)22(27)18-12-11-17(30-3)15-19(18)31-4/h5-7,9-12,15,21,27H,8,13-14H2,1-4H3/b22-20+/t21-/m1/s1. The van der Waals surface area contributed by atoms with Crippen molar-refractivity contribution in [2.45, 2.75) is 12.5 Å². The molecule has 31 heavy (non-hydrogen) atoms. The first-order valence-corrected chi connectivity index (χ1v) is 10.1. The molecule has 7 nitrogen and oxygen atoms in total. The van der Waals surface area contributed by atoms with Crippen LogP contribution in [0.5, 0.6) is 11.5 Å². The fraction of sp³-hybridized carbons (Fsp3) is 0.333. The van der Waals surface area contributed by atoms with Crippen molar-refractivity contribution < 1.29 is 24.2 Å². The molecule has 3 rings (SSSR count). The van der Waals surface area contributed by atoms with E-state index >= 15 is 0 Å². The minimum atomic E-state index is -0.700. The molecule has 7 heteroatoms. The van der Waals surface area contributed by atoms with E-state index < -0.39 is 17.7 Å². The number of carbonyl (C=O) groups excluding carboxylic acids is 2. The highest BCUT2D eigenvalue weighted by atomic mass is 16.5. The van der Waals surface area contributed by atoms with Gasteiger partial charge in [0.25, 0.3) is 11.7 Å². The number of aliphatic hydroxyl groups excluding tert-OH is 1. The summed E-state index contributed by atoms with van der Waals surface area (Å²) in [5.41, 5.74) is 1.15. The monoisotopic (exact) mass is 424 g/mol. The zero-order valence-electron chi connectivity index (χ0n) is 18.3. The number of Topliss-reactive ketones (excluding diaryl/α,β-unsaturated/α-hetero) is 1. The van der Waals surface area contributed by atoms with Crippen molar-refractivity contribution in [2.75, 3.05) is 41.4 Å². The molecule has 0 spiro atoms. The lowest BCUT2D eigenvalue weighted by atomic mass is 9.95. The van der Waals surface area contributed by atoms with Crippen LogP contribution in [-0.2, 0) is 9.59 Å². The van der Waals surface area contributed by atoms with E-state index in [9.17, 15) is 14.7 Å². The van der Waals surface area contributed by atoms with Crippen LogP contribution >= 0.6 is 0 Å². The summed E-state index contributed by atoms with van der Waals surface area (Å²) in [4.78, 5) is 29.5. The van der Waals surface area contributed by atoms with E-state index in [0.29, 0.717) is 30.0 Å². The topological polar surface area (TPSA) is 79.3 Å². The third-order valence-electron chi connectivity index (χ3n) is 5.32. The average molecular weight is 424 g/mol. The Morgan fingerprint density at radius 2 is 1.77 bits per heavy atom. The summed E-state index contributed by atoms with van der Waals surface area (Å²) in [6, 6.07) is 13.5. The number of ether oxygens (including phenoxy) is 2. The van der Waals surface area contributed by atoms with Crippen molar-refractivity contribution in [3.05, 3.63) is 65.2 Å². The minimum Gasteiger partial charge on any atom is -0.507 e. The molecular formula is C24H28N2O5. The molecule has 1 aliphatic heterocycles. The van der Waals surface area contributed by atoms with Crippen LogP contribution in [0.2, 0.25) is 0 Å². The zero-order valence-corrected chi connectivity index (χ0v) is 18.3. The molecule has 1 fully saturated rings. The second-order valence-corrected chi connectivity index (χ2v) is 7.63. The lowest BCUT2D eigenvalue weighted by molar-refractivity contribution is -0.139. The first-order valence-electron chi connectivity index (χ1n) is 10.1. The third-order valence-corrected chi connectivity index (χ3v) is 5.32. The van der Waals surface area contributed by atoms with Gasteiger partial charge in [-0.25, -0.2) is 0 Å². The normalized spacial score (nSPS) is 18.0. The van der Waals surface area contributed by atoms with Gasteiger partial charge < -0.3 is 24.4 Å². The van der Waals surface area contributed by atoms with Gasteiger partial charge in [-0.2, -0.15) is 0 Å². The number of aliphatic hydroxyl groups is 1. The number of benzene rings is 2. The Morgan fingerprint density at radius 1 is 1.06 bits per heavy atom. The maximum absolute atomic E-state index is 13.0. The van der Waals surface area contributed by atoms with Gasteiger partial charge in [0.1, 0.15) is 17.3 Å². The molecular weight excluding hydrogens is 396 g/mol. The minimum absolute atomic E-state index is 0.0597. The molecule has 1 heterocycles. The molecule has 0 aliphatic carbocycles. The van der Waals surface area contributed by atoms with Gasteiger partial charge >= 0.3 is 0 Å². The van der Waals surface area contributed by atoms with Crippen LogP contribution < -0.4 is 9.47 Å². The highest BCUT2D eigenvalue weighted by Crippen LogP contribution is 2.41. The fourth-order valence-electron chi connectivity index (χ4n) is 3.79. The summed E-state index contributed by atoms with van der Waals surface area (Å²) in [7, 11) is 6.92. The molecule has 1 saturated heterocycles. The van der Waals surface area contributed by atoms with E-state index in [0.717, 1.165) is 12.1 Å². The SMILES string of the molecule is COc1ccc(/C(O)=C2\C(=O)C(=O)N(CCCN(C)C)[C@@H]2c2ccccc2)c(OC)c1. The number of carbonyl (C=O) groups is 2. The quantitative estimate of drug-likeness (QED) is 0.399. The highest BCUT2D eigenvalue weighted by molar-refractivity contribution is 6.46. The summed E-state index contributed by atoms with van der Waals surface area (Å²) in [6.45, 7) is 1.18. The van der Waals surface area contributed by atoms with Gasteiger partial charge in [-0.05, 0) is 44.8 Å². The highest BCUT2D eigenvalue weighted by Gasteiger charge is 2.46. The summed E-state index contributed by atoms with van der Waals surface area (Å²) in [6.07, 6.45) is 0.704. The van der Waals surface area contributed by atoms with Gasteiger partial charge in [0.2, 0.25) is 0 Å². The van der Waals surface area contributed by atoms with Crippen molar-refractivity contribution in [2.24, 2.45) is 0 Å². The van der Waals surface area contributed by atoms with E-state index in [1.807, 2.05) is 49.3 Å². The Morgan fingerprint density at radius 3 is 2.39 bits per heavy atom. The van der Waals surface area contributed by atoms with E-state index in [4.69, 9.17) is 9.47 Å². The van der Waals surface area contributed by atoms with Crippen molar-refractivity contribution in [3.8, 4) is 11.5 Å². The zero-order chi connectivity index (χ0) is 22.5. The van der Waals surface area contributed by atoms with Crippen LogP contribution in [0.3, 0.4) is 0 Å². The Balaban J connectivity index is 2.12. The maximum Gasteiger partial charge on any atom is 0.295 e. The summed E-state index contributed by atoms with van der Waals surface area (Å²) >= 11 is 0. The molecule has 0 unspecified atom stereocenters. The molecule has 2 aromatic rings. The predicted molar refractivity (Wildman–Crippen MR) is 118 cm³/mol. The van der Waals surface area contributed by atoms with Gasteiger partial charge in [0, 0.05) is 12.6 Å². The molecule has 1 N–H and O–H groups in total. The number of rotatable bonds is 8. The number of hydrogen-bond donors (Lipinski definition) is 1. The number of ketones is 1. The Bertz CT molecular complexity index is 985. The van der Waals surface area contributed by atoms with Crippen molar-refractivity contribution in [1.29, 1.82) is 0 Å². The number of nitrogens with zero attached hydrogens (tertiary/aromatic N) is 2. The smallest absolute Gasteiger partial charge is 0.295 e. The van der Waals surface area contributed by atoms with Crippen LogP contribution in [0.4, 0.5) is 0 Å². The van der Waals surface area contributed by atoms with E-state index in [1.165, 1.54) is 14.2 Å². The molecule has 0 saturated carbocycles. The molecule has 1 amide bonds. The Kier molecular flexibility index (Phi) is 6.97. The summed E-state index contributed by atoms with van der Waals surface area (Å²) in [5, 5.41) is 11.2. The van der Waals surface area contributed by atoms with Gasteiger partial charge in [0.05, 0.1) is 31.4 Å². The van der Waals surface area contributed by atoms with Crippen LogP contribution in [0.1, 0.15) is 23.6 Å². The van der Waals surface area contributed by atoms with Crippen molar-refractivity contribution in [1.82, 2.24) is 9.80 Å². The Hall–Kier alpha value is -3.32. The maximum atomic E-state index is 13.0. The average Bonchev–Trinajstić information content (AvgIpc) is 3.03. The summed E-state index contributed by atoms with van der Waals surface area (Å²) < 4.78 is 10.6. The molecule has 1 atom stereocenters. The molecule has 0 bridgehead atoms. The lowest BCUT2D eigenvalue weighted by Gasteiger charge is -2.26. The molecule has 2 aromatic carbocycles. The van der Waals surface area contributed by atoms with E-state index in [2.05, 4.69) is 0 Å². The number of amides is 1. The molecule has 0 radical (unpaired) electrons. The predicted octanol–water partition coefficient (Wildman–Crippen LogP) is 3.08. The van der Waals surface area contributed by atoms with Gasteiger partial charge in [-0.1, -0.05) is 30.3 Å². The lowest BCUT2D eigenvalue weighted by Crippen LogP contribution is -2.32. The second kappa shape index (κ2) is 9.66. The van der Waals surface area contributed by atoms with Crippen LogP contribution in [0.25, 0.3) is 5.76 Å². The molecule has 164 valence electrons. The van der Waals surface area contributed by atoms with Crippen LogP contribution in [0, 0.1) is 0 Å². The van der Waals surface area contributed by atoms with Crippen LogP contribution in [-0.4, -0.2) is 68.0 Å². The van der Waals surface area contributed by atoms with E-state index in [-0.39, 0.29) is 11.3 Å². The molecule has 0 aromatic heterocycles. The third kappa shape index (κ3) is 4.56. The largest absolute Gasteiger partial charge is 0.507 e. The summed E-state index contributed by atoms with van der Waals surface area (Å²) in [5.74, 6) is -0.669.